The Hall–Kier alpha value is -2.35. The van der Waals surface area contributed by atoms with E-state index in [1.165, 1.54) is 25.3 Å². The fraction of sp³-hybridized carbons (Fsp3) is 0.417. The van der Waals surface area contributed by atoms with E-state index in [4.69, 9.17) is 14.6 Å². The lowest BCUT2D eigenvalue weighted by Crippen LogP contribution is -2.50. The van der Waals surface area contributed by atoms with Crippen LogP contribution >= 0.6 is 0 Å². The Labute approximate surface area is 114 Å². The van der Waals surface area contributed by atoms with Crippen LogP contribution in [0.1, 0.15) is 23.9 Å². The summed E-state index contributed by atoms with van der Waals surface area (Å²) in [5.41, 5.74) is 0. The van der Waals surface area contributed by atoms with E-state index in [0.29, 0.717) is 0 Å². The van der Waals surface area contributed by atoms with Crippen molar-refractivity contribution in [1.82, 2.24) is 10.6 Å². The Morgan fingerprint density at radius 3 is 2.55 bits per heavy atom. The first-order valence-corrected chi connectivity index (χ1v) is 5.94. The highest BCUT2D eigenvalue weighted by atomic mass is 16.4. The number of carbonyl (C=O) groups excluding carboxylic acids is 2. The summed E-state index contributed by atoms with van der Waals surface area (Å²) in [7, 11) is 0. The number of rotatable bonds is 7. The second-order valence-electron chi connectivity index (χ2n) is 4.08. The normalized spacial score (nSPS) is 13.3. The zero-order valence-electron chi connectivity index (χ0n) is 10.8. The molecule has 0 saturated carbocycles. The smallest absolute Gasteiger partial charge is 0.326 e. The molecule has 8 nitrogen and oxygen atoms in total. The van der Waals surface area contributed by atoms with E-state index in [1.54, 1.807) is 0 Å². The minimum atomic E-state index is -1.25. The van der Waals surface area contributed by atoms with Gasteiger partial charge in [-0.3, -0.25) is 9.59 Å². The molecular formula is C12H16N2O6. The summed E-state index contributed by atoms with van der Waals surface area (Å²) >= 11 is 0. The van der Waals surface area contributed by atoms with Crippen LogP contribution < -0.4 is 10.6 Å². The molecule has 1 aromatic rings. The molecule has 2 unspecified atom stereocenters. The van der Waals surface area contributed by atoms with E-state index in [-0.39, 0.29) is 18.8 Å². The van der Waals surface area contributed by atoms with Crippen molar-refractivity contribution >= 4 is 17.8 Å². The Morgan fingerprint density at radius 2 is 2.05 bits per heavy atom. The van der Waals surface area contributed by atoms with Gasteiger partial charge in [0.2, 0.25) is 5.91 Å². The predicted molar refractivity (Wildman–Crippen MR) is 66.9 cm³/mol. The van der Waals surface area contributed by atoms with E-state index in [9.17, 15) is 14.4 Å². The van der Waals surface area contributed by atoms with Gasteiger partial charge in [0.05, 0.1) is 6.26 Å². The molecule has 1 aromatic heterocycles. The molecule has 0 saturated heterocycles. The van der Waals surface area contributed by atoms with Crippen LogP contribution in [0.4, 0.5) is 0 Å². The van der Waals surface area contributed by atoms with Crippen molar-refractivity contribution in [3.8, 4) is 0 Å². The van der Waals surface area contributed by atoms with E-state index in [1.807, 2.05) is 0 Å². The summed E-state index contributed by atoms with van der Waals surface area (Å²) in [6.45, 7) is 1.04. The average molecular weight is 284 g/mol. The van der Waals surface area contributed by atoms with Gasteiger partial charge in [-0.1, -0.05) is 0 Å². The van der Waals surface area contributed by atoms with Crippen LogP contribution in [0.3, 0.4) is 0 Å². The molecule has 110 valence electrons. The first-order valence-electron chi connectivity index (χ1n) is 5.94. The third kappa shape index (κ3) is 4.39. The maximum absolute atomic E-state index is 11.7. The number of amides is 2. The second kappa shape index (κ2) is 7.29. The van der Waals surface area contributed by atoms with Gasteiger partial charge < -0.3 is 25.3 Å². The molecule has 0 aliphatic carbocycles. The van der Waals surface area contributed by atoms with Crippen molar-refractivity contribution in [3.05, 3.63) is 24.2 Å². The molecule has 0 radical (unpaired) electrons. The molecule has 0 aromatic carbocycles. The topological polar surface area (TPSA) is 129 Å². The summed E-state index contributed by atoms with van der Waals surface area (Å²) in [6.07, 6.45) is 1.21. The number of carboxylic acids is 1. The van der Waals surface area contributed by atoms with Gasteiger partial charge in [0.15, 0.2) is 5.76 Å². The van der Waals surface area contributed by atoms with Crippen LogP contribution in [0.15, 0.2) is 22.8 Å². The molecule has 0 fully saturated rings. The van der Waals surface area contributed by atoms with E-state index >= 15 is 0 Å². The van der Waals surface area contributed by atoms with Crippen LogP contribution in [0.25, 0.3) is 0 Å². The average Bonchev–Trinajstić information content (AvgIpc) is 2.91. The predicted octanol–water partition coefficient (Wildman–Crippen LogP) is -0.650. The third-order valence-electron chi connectivity index (χ3n) is 2.52. The summed E-state index contributed by atoms with van der Waals surface area (Å²) in [5.74, 6) is -2.44. The zero-order valence-corrected chi connectivity index (χ0v) is 10.8. The van der Waals surface area contributed by atoms with Crippen molar-refractivity contribution in [2.24, 2.45) is 0 Å². The Balaban J connectivity index is 2.54. The number of aliphatic hydroxyl groups excluding tert-OH is 1. The second-order valence-corrected chi connectivity index (χ2v) is 4.08. The van der Waals surface area contributed by atoms with Gasteiger partial charge in [0, 0.05) is 13.0 Å². The number of hydrogen-bond acceptors (Lipinski definition) is 5. The van der Waals surface area contributed by atoms with Gasteiger partial charge >= 0.3 is 5.97 Å². The van der Waals surface area contributed by atoms with Crippen LogP contribution in [0.5, 0.6) is 0 Å². The molecule has 2 amide bonds. The van der Waals surface area contributed by atoms with Crippen molar-refractivity contribution in [1.29, 1.82) is 0 Å². The minimum absolute atomic E-state index is 0.0507. The summed E-state index contributed by atoms with van der Waals surface area (Å²) in [6, 6.07) is 0.830. The molecule has 0 bridgehead atoms. The lowest BCUT2D eigenvalue weighted by atomic mass is 10.2. The van der Waals surface area contributed by atoms with E-state index in [2.05, 4.69) is 10.6 Å². The Morgan fingerprint density at radius 1 is 1.35 bits per heavy atom. The fourth-order valence-electron chi connectivity index (χ4n) is 1.42. The standard InChI is InChI=1S/C12H16N2O6/c1-7(13-11(17)9-3-2-6-20-9)10(16)14-8(4-5-15)12(18)19/h2-3,6-8,15H,4-5H2,1H3,(H,13,17)(H,14,16)(H,18,19). The lowest BCUT2D eigenvalue weighted by Gasteiger charge is -2.17. The van der Waals surface area contributed by atoms with Crippen LogP contribution in [-0.4, -0.2) is 46.7 Å². The number of aliphatic hydroxyl groups is 1. The maximum atomic E-state index is 11.7. The largest absolute Gasteiger partial charge is 0.480 e. The van der Waals surface area contributed by atoms with Crippen LogP contribution in [0, 0.1) is 0 Å². The molecular weight excluding hydrogens is 268 g/mol. The highest BCUT2D eigenvalue weighted by molar-refractivity contribution is 5.96. The fourth-order valence-corrected chi connectivity index (χ4v) is 1.42. The number of carboxylic acid groups (broad SMARTS) is 1. The number of furan rings is 1. The summed E-state index contributed by atoms with van der Waals surface area (Å²) in [5, 5.41) is 22.1. The number of aliphatic carboxylic acids is 1. The highest BCUT2D eigenvalue weighted by Gasteiger charge is 2.24. The third-order valence-corrected chi connectivity index (χ3v) is 2.52. The summed E-state index contributed by atoms with van der Waals surface area (Å²) < 4.78 is 4.86. The minimum Gasteiger partial charge on any atom is -0.480 e. The molecule has 8 heteroatoms. The molecule has 0 aliphatic heterocycles. The number of carbonyl (C=O) groups is 3. The summed E-state index contributed by atoms with van der Waals surface area (Å²) in [4.78, 5) is 34.2. The molecule has 20 heavy (non-hydrogen) atoms. The van der Waals surface area contributed by atoms with Crippen molar-refractivity contribution < 1.29 is 29.0 Å². The number of hydrogen-bond donors (Lipinski definition) is 4. The van der Waals surface area contributed by atoms with Gasteiger partial charge in [0.25, 0.3) is 5.91 Å². The first-order chi connectivity index (χ1) is 9.45. The highest BCUT2D eigenvalue weighted by Crippen LogP contribution is 2.00. The van der Waals surface area contributed by atoms with Gasteiger partial charge in [-0.05, 0) is 19.1 Å². The Kier molecular flexibility index (Phi) is 5.73. The molecule has 4 N–H and O–H groups in total. The van der Waals surface area contributed by atoms with Gasteiger partial charge in [0.1, 0.15) is 12.1 Å². The molecule has 2 atom stereocenters. The number of nitrogens with one attached hydrogen (secondary N) is 2. The van der Waals surface area contributed by atoms with Gasteiger partial charge in [-0.25, -0.2) is 4.79 Å². The van der Waals surface area contributed by atoms with Crippen molar-refractivity contribution in [2.75, 3.05) is 6.61 Å². The molecule has 0 aliphatic rings. The monoisotopic (exact) mass is 284 g/mol. The maximum Gasteiger partial charge on any atom is 0.326 e. The van der Waals surface area contributed by atoms with Crippen molar-refractivity contribution in [2.45, 2.75) is 25.4 Å². The molecule has 0 spiro atoms. The van der Waals surface area contributed by atoms with Crippen molar-refractivity contribution in [3.63, 3.8) is 0 Å². The van der Waals surface area contributed by atoms with E-state index in [0.717, 1.165) is 0 Å². The molecule has 1 rings (SSSR count). The lowest BCUT2D eigenvalue weighted by molar-refractivity contribution is -0.142. The van der Waals surface area contributed by atoms with Crippen LogP contribution in [-0.2, 0) is 9.59 Å². The Bertz CT molecular complexity index is 470. The van der Waals surface area contributed by atoms with Crippen LogP contribution in [0.2, 0.25) is 0 Å². The first kappa shape index (κ1) is 15.7. The van der Waals surface area contributed by atoms with Gasteiger partial charge in [-0.2, -0.15) is 0 Å². The molecule has 1 heterocycles. The van der Waals surface area contributed by atoms with Gasteiger partial charge in [-0.15, -0.1) is 0 Å². The van der Waals surface area contributed by atoms with E-state index < -0.39 is 29.9 Å². The quantitative estimate of drug-likeness (QED) is 0.526. The zero-order chi connectivity index (χ0) is 15.1. The SMILES string of the molecule is CC(NC(=O)c1ccco1)C(=O)NC(CCO)C(=O)O.